The molecule has 110 valence electrons. The van der Waals surface area contributed by atoms with Crippen LogP contribution in [0.3, 0.4) is 0 Å². The van der Waals surface area contributed by atoms with Crippen molar-refractivity contribution in [1.82, 2.24) is 14.9 Å². The third kappa shape index (κ3) is 3.70. The Labute approximate surface area is 124 Å². The molecule has 0 radical (unpaired) electrons. The molecule has 1 aromatic carbocycles. The lowest BCUT2D eigenvalue weighted by atomic mass is 9.97. The zero-order valence-corrected chi connectivity index (χ0v) is 12.0. The van der Waals surface area contributed by atoms with Crippen molar-refractivity contribution in [2.75, 3.05) is 25.0 Å². The van der Waals surface area contributed by atoms with Crippen LogP contribution >= 0.6 is 0 Å². The van der Waals surface area contributed by atoms with Crippen LogP contribution in [0, 0.1) is 0 Å². The molecule has 0 bridgehead atoms. The standard InChI is InChI=1S/C16H20N4O/c21-15(19-14-6-2-1-3-7-14)12-20-10-4-5-13(11-20)16-17-8-9-18-16/h1-3,6-9,13H,4-5,10-12H2,(H,17,18)(H,19,21)/t13-/m1/s1. The predicted molar refractivity (Wildman–Crippen MR) is 82.1 cm³/mol. The molecule has 5 nitrogen and oxygen atoms in total. The van der Waals surface area contributed by atoms with Gasteiger partial charge in [0.25, 0.3) is 0 Å². The minimum atomic E-state index is 0.0429. The second-order valence-corrected chi connectivity index (χ2v) is 5.46. The molecular formula is C16H20N4O. The summed E-state index contributed by atoms with van der Waals surface area (Å²) in [5.41, 5.74) is 0.849. The largest absolute Gasteiger partial charge is 0.348 e. The fourth-order valence-corrected chi connectivity index (χ4v) is 2.85. The molecule has 1 aromatic heterocycles. The molecule has 0 unspecified atom stereocenters. The molecule has 1 aliphatic rings. The number of nitrogens with one attached hydrogen (secondary N) is 2. The maximum atomic E-state index is 12.1. The van der Waals surface area contributed by atoms with E-state index in [-0.39, 0.29) is 5.91 Å². The number of anilines is 1. The average Bonchev–Trinajstić information content (AvgIpc) is 3.02. The summed E-state index contributed by atoms with van der Waals surface area (Å²) in [4.78, 5) is 21.8. The van der Waals surface area contributed by atoms with Gasteiger partial charge in [0.1, 0.15) is 5.82 Å². The van der Waals surface area contributed by atoms with Crippen LogP contribution in [0.25, 0.3) is 0 Å². The van der Waals surface area contributed by atoms with Crippen LogP contribution in [-0.4, -0.2) is 40.4 Å². The summed E-state index contributed by atoms with van der Waals surface area (Å²) in [6.07, 6.45) is 5.88. The molecule has 21 heavy (non-hydrogen) atoms. The van der Waals surface area contributed by atoms with Gasteiger partial charge in [-0.05, 0) is 31.5 Å². The normalized spacial score (nSPS) is 19.3. The molecule has 2 N–H and O–H groups in total. The highest BCUT2D eigenvalue weighted by Gasteiger charge is 2.24. The first-order chi connectivity index (χ1) is 10.3. The van der Waals surface area contributed by atoms with E-state index in [1.54, 1.807) is 6.20 Å². The maximum absolute atomic E-state index is 12.1. The summed E-state index contributed by atoms with van der Waals surface area (Å²) >= 11 is 0. The molecule has 1 aliphatic heterocycles. The number of benzene rings is 1. The van der Waals surface area contributed by atoms with Gasteiger partial charge < -0.3 is 10.3 Å². The predicted octanol–water partition coefficient (Wildman–Crippen LogP) is 2.23. The minimum absolute atomic E-state index is 0.0429. The van der Waals surface area contributed by atoms with Gasteiger partial charge in [0.2, 0.25) is 5.91 Å². The Bertz CT molecular complexity index is 567. The molecule has 0 saturated carbocycles. The number of carbonyl (C=O) groups is 1. The van der Waals surface area contributed by atoms with Crippen LogP contribution < -0.4 is 5.32 Å². The van der Waals surface area contributed by atoms with Gasteiger partial charge in [-0.15, -0.1) is 0 Å². The molecular weight excluding hydrogens is 264 g/mol. The highest BCUT2D eigenvalue weighted by Crippen LogP contribution is 2.24. The number of piperidine rings is 1. The number of aromatic amines is 1. The number of carbonyl (C=O) groups excluding carboxylic acids is 1. The van der Waals surface area contributed by atoms with Gasteiger partial charge in [0.15, 0.2) is 0 Å². The third-order valence-electron chi connectivity index (χ3n) is 3.84. The summed E-state index contributed by atoms with van der Waals surface area (Å²) in [6.45, 7) is 2.29. The lowest BCUT2D eigenvalue weighted by Gasteiger charge is -2.31. The minimum Gasteiger partial charge on any atom is -0.348 e. The first kappa shape index (κ1) is 13.8. The van der Waals surface area contributed by atoms with Crippen LogP contribution in [0.4, 0.5) is 5.69 Å². The maximum Gasteiger partial charge on any atom is 0.238 e. The number of hydrogen-bond acceptors (Lipinski definition) is 3. The molecule has 5 heteroatoms. The number of aromatic nitrogens is 2. The van der Waals surface area contributed by atoms with Gasteiger partial charge in [-0.3, -0.25) is 9.69 Å². The molecule has 1 atom stereocenters. The highest BCUT2D eigenvalue weighted by molar-refractivity contribution is 5.92. The Morgan fingerprint density at radius 3 is 3.00 bits per heavy atom. The fourth-order valence-electron chi connectivity index (χ4n) is 2.85. The van der Waals surface area contributed by atoms with Gasteiger partial charge in [-0.25, -0.2) is 4.98 Å². The summed E-state index contributed by atoms with van der Waals surface area (Å²) in [6, 6.07) is 9.58. The second kappa shape index (κ2) is 6.54. The SMILES string of the molecule is O=C(CN1CCC[C@@H](c2ncc[nH]2)C1)Nc1ccccc1. The molecule has 0 aliphatic carbocycles. The van der Waals surface area contributed by atoms with E-state index in [1.807, 2.05) is 36.5 Å². The van der Waals surface area contributed by atoms with Gasteiger partial charge in [0, 0.05) is 30.5 Å². The summed E-state index contributed by atoms with van der Waals surface area (Å²) in [5, 5.41) is 2.93. The Hall–Kier alpha value is -2.14. The Morgan fingerprint density at radius 1 is 1.38 bits per heavy atom. The molecule has 1 fully saturated rings. The third-order valence-corrected chi connectivity index (χ3v) is 3.84. The quantitative estimate of drug-likeness (QED) is 0.905. The molecule has 2 heterocycles. The van der Waals surface area contributed by atoms with E-state index in [1.165, 1.54) is 0 Å². The second-order valence-electron chi connectivity index (χ2n) is 5.46. The lowest BCUT2D eigenvalue weighted by Crippen LogP contribution is -2.40. The Kier molecular flexibility index (Phi) is 4.31. The lowest BCUT2D eigenvalue weighted by molar-refractivity contribution is -0.117. The first-order valence-corrected chi connectivity index (χ1v) is 7.38. The Morgan fingerprint density at radius 2 is 2.24 bits per heavy atom. The summed E-state index contributed by atoms with van der Waals surface area (Å²) < 4.78 is 0. The van der Waals surface area contributed by atoms with E-state index in [0.717, 1.165) is 37.4 Å². The van der Waals surface area contributed by atoms with E-state index in [9.17, 15) is 4.79 Å². The number of amides is 1. The van der Waals surface area contributed by atoms with E-state index >= 15 is 0 Å². The van der Waals surface area contributed by atoms with Crippen LogP contribution in [0.1, 0.15) is 24.6 Å². The van der Waals surface area contributed by atoms with E-state index in [4.69, 9.17) is 0 Å². The highest BCUT2D eigenvalue weighted by atomic mass is 16.2. The Balaban J connectivity index is 1.54. The number of rotatable bonds is 4. The van der Waals surface area contributed by atoms with Crippen LogP contribution in [0.2, 0.25) is 0 Å². The molecule has 2 aromatic rings. The van der Waals surface area contributed by atoms with Crippen molar-refractivity contribution in [1.29, 1.82) is 0 Å². The fraction of sp³-hybridized carbons (Fsp3) is 0.375. The van der Waals surface area contributed by atoms with Crippen molar-refractivity contribution >= 4 is 11.6 Å². The zero-order valence-electron chi connectivity index (χ0n) is 12.0. The molecule has 3 rings (SSSR count). The van der Waals surface area contributed by atoms with Crippen molar-refractivity contribution in [2.45, 2.75) is 18.8 Å². The average molecular weight is 284 g/mol. The van der Waals surface area contributed by atoms with Gasteiger partial charge in [-0.2, -0.15) is 0 Å². The van der Waals surface area contributed by atoms with Gasteiger partial charge >= 0.3 is 0 Å². The first-order valence-electron chi connectivity index (χ1n) is 7.38. The van der Waals surface area contributed by atoms with E-state index < -0.39 is 0 Å². The number of nitrogens with zero attached hydrogens (tertiary/aromatic N) is 2. The van der Waals surface area contributed by atoms with Crippen molar-refractivity contribution in [3.8, 4) is 0 Å². The number of hydrogen-bond donors (Lipinski definition) is 2. The van der Waals surface area contributed by atoms with Crippen molar-refractivity contribution in [3.05, 3.63) is 48.5 Å². The van der Waals surface area contributed by atoms with Crippen LogP contribution in [0.15, 0.2) is 42.7 Å². The van der Waals surface area contributed by atoms with Crippen LogP contribution in [0.5, 0.6) is 0 Å². The van der Waals surface area contributed by atoms with E-state index in [0.29, 0.717) is 12.5 Å². The number of para-hydroxylation sites is 1. The van der Waals surface area contributed by atoms with Crippen molar-refractivity contribution < 1.29 is 4.79 Å². The summed E-state index contributed by atoms with van der Waals surface area (Å²) in [5.74, 6) is 1.47. The monoisotopic (exact) mass is 284 g/mol. The molecule has 1 saturated heterocycles. The van der Waals surface area contributed by atoms with Crippen molar-refractivity contribution in [2.24, 2.45) is 0 Å². The van der Waals surface area contributed by atoms with Crippen molar-refractivity contribution in [3.63, 3.8) is 0 Å². The number of likely N-dealkylation sites (tertiary alicyclic amines) is 1. The van der Waals surface area contributed by atoms with E-state index in [2.05, 4.69) is 20.2 Å². The van der Waals surface area contributed by atoms with Crippen LogP contribution in [-0.2, 0) is 4.79 Å². The molecule has 0 spiro atoms. The van der Waals surface area contributed by atoms with Gasteiger partial charge in [0.05, 0.1) is 6.54 Å². The topological polar surface area (TPSA) is 61.0 Å². The zero-order chi connectivity index (χ0) is 14.5. The smallest absolute Gasteiger partial charge is 0.238 e. The number of imidazole rings is 1. The molecule has 1 amide bonds. The van der Waals surface area contributed by atoms with Gasteiger partial charge in [-0.1, -0.05) is 18.2 Å². The number of H-pyrrole nitrogens is 1. The summed E-state index contributed by atoms with van der Waals surface area (Å²) in [7, 11) is 0.